The molecule has 0 saturated carbocycles. The first-order valence-corrected chi connectivity index (χ1v) is 10.4. The first-order chi connectivity index (χ1) is 15.5. The van der Waals surface area contributed by atoms with Crippen LogP contribution < -0.4 is 20.5 Å². The molecule has 0 unspecified atom stereocenters. The summed E-state index contributed by atoms with van der Waals surface area (Å²) in [5.41, 5.74) is 8.23. The summed E-state index contributed by atoms with van der Waals surface area (Å²) >= 11 is 0. The van der Waals surface area contributed by atoms with E-state index in [1.54, 1.807) is 0 Å². The third-order valence-corrected chi connectivity index (χ3v) is 4.89. The Hall–Kier alpha value is -3.80. The number of hydrogen-bond acceptors (Lipinski definition) is 4. The van der Waals surface area contributed by atoms with Crippen LogP contribution in [0, 0.1) is 5.92 Å². The Balaban J connectivity index is 1.67. The van der Waals surface area contributed by atoms with Gasteiger partial charge in [0.05, 0.1) is 0 Å². The minimum absolute atomic E-state index is 0.0125. The lowest BCUT2D eigenvalue weighted by atomic mass is 10.1. The predicted molar refractivity (Wildman–Crippen MR) is 123 cm³/mol. The summed E-state index contributed by atoms with van der Waals surface area (Å²) in [6.07, 6.45) is 0.568. The number of amides is 2. The largest absolute Gasteiger partial charge is 0.485 e. The molecule has 1 radical (unpaired) electrons. The molecule has 3 N–H and O–H groups in total. The van der Waals surface area contributed by atoms with Crippen LogP contribution in [-0.4, -0.2) is 18.4 Å². The second-order valence-electron chi connectivity index (χ2n) is 7.32. The Bertz CT molecular complexity index is 1020. The van der Waals surface area contributed by atoms with E-state index in [4.69, 9.17) is 15.2 Å². The van der Waals surface area contributed by atoms with Crippen LogP contribution in [0.25, 0.3) is 0 Å². The van der Waals surface area contributed by atoms with Crippen molar-refractivity contribution >= 4 is 11.8 Å². The molecule has 3 aromatic carbocycles. The number of nitrogens with one attached hydrogen (secondary N) is 1. The zero-order valence-electron chi connectivity index (χ0n) is 18.0. The quantitative estimate of drug-likeness (QED) is 0.454. The van der Waals surface area contributed by atoms with Crippen LogP contribution in [0.4, 0.5) is 0 Å². The van der Waals surface area contributed by atoms with Gasteiger partial charge in [0.25, 0.3) is 0 Å². The highest BCUT2D eigenvalue weighted by atomic mass is 16.5. The van der Waals surface area contributed by atoms with Crippen LogP contribution in [-0.2, 0) is 29.2 Å². The summed E-state index contributed by atoms with van der Waals surface area (Å²) in [6.45, 7) is 2.62. The summed E-state index contributed by atoms with van der Waals surface area (Å²) in [5.74, 6) is 0.0883. The Labute approximate surface area is 188 Å². The Morgan fingerprint density at radius 2 is 1.34 bits per heavy atom. The molecule has 0 heterocycles. The van der Waals surface area contributed by atoms with Crippen molar-refractivity contribution in [2.75, 3.05) is 6.54 Å². The maximum absolute atomic E-state index is 11.9. The first-order valence-electron chi connectivity index (χ1n) is 10.4. The van der Waals surface area contributed by atoms with Gasteiger partial charge in [-0.3, -0.25) is 9.59 Å². The normalized spacial score (nSPS) is 10.6. The molecule has 3 aromatic rings. The lowest BCUT2D eigenvalue weighted by molar-refractivity contribution is -0.124. The van der Waals surface area contributed by atoms with E-state index in [-0.39, 0.29) is 5.92 Å². The number of ether oxygens (including phenoxy) is 2. The lowest BCUT2D eigenvalue weighted by Gasteiger charge is -2.15. The van der Waals surface area contributed by atoms with Gasteiger partial charge in [-0.15, -0.1) is 0 Å². The van der Waals surface area contributed by atoms with E-state index in [1.165, 1.54) is 6.92 Å². The van der Waals surface area contributed by atoms with E-state index in [1.807, 2.05) is 78.9 Å². The number of nitrogens with two attached hydrogens (primary N) is 1. The Morgan fingerprint density at radius 3 is 1.91 bits per heavy atom. The molecule has 0 aliphatic rings. The highest BCUT2D eigenvalue weighted by Crippen LogP contribution is 2.30. The van der Waals surface area contributed by atoms with Crippen molar-refractivity contribution in [1.82, 2.24) is 5.32 Å². The monoisotopic (exact) mass is 431 g/mol. The van der Waals surface area contributed by atoms with Crippen LogP contribution in [0.1, 0.15) is 23.6 Å². The fraction of sp³-hybridized carbons (Fsp3) is 0.192. The van der Waals surface area contributed by atoms with Crippen molar-refractivity contribution in [2.45, 2.75) is 26.6 Å². The standard InChI is InChI=1S/C26H27N2O4/c1-19(25(27)29)26(30)28-15-14-20-12-13-23(31-17-21-8-4-2-5-9-21)24(16-20)32-18-22-10-6-3-7-11-22/h2-13,16H,14-15,17-18H2,1H3,(H2,27,29)(H,28,30). The minimum atomic E-state index is -0.723. The number of benzene rings is 3. The zero-order chi connectivity index (χ0) is 22.8. The van der Waals surface area contributed by atoms with E-state index < -0.39 is 11.8 Å². The van der Waals surface area contributed by atoms with Crippen molar-refractivity contribution in [1.29, 1.82) is 0 Å². The van der Waals surface area contributed by atoms with Gasteiger partial charge in [0.1, 0.15) is 19.1 Å². The number of hydrogen-bond donors (Lipinski definition) is 2. The van der Waals surface area contributed by atoms with Crippen molar-refractivity contribution in [2.24, 2.45) is 5.73 Å². The van der Waals surface area contributed by atoms with E-state index >= 15 is 0 Å². The summed E-state index contributed by atoms with van der Waals surface area (Å²) in [4.78, 5) is 23.0. The fourth-order valence-corrected chi connectivity index (χ4v) is 2.98. The highest BCUT2D eigenvalue weighted by Gasteiger charge is 2.19. The van der Waals surface area contributed by atoms with Crippen molar-refractivity contribution in [3.05, 3.63) is 101 Å². The van der Waals surface area contributed by atoms with E-state index in [0.29, 0.717) is 37.7 Å². The Morgan fingerprint density at radius 1 is 0.781 bits per heavy atom. The zero-order valence-corrected chi connectivity index (χ0v) is 18.0. The van der Waals surface area contributed by atoms with Gasteiger partial charge in [-0.05, 0) is 42.2 Å². The van der Waals surface area contributed by atoms with Crippen LogP contribution in [0.3, 0.4) is 0 Å². The summed E-state index contributed by atoms with van der Waals surface area (Å²) in [6, 6.07) is 25.6. The minimum Gasteiger partial charge on any atom is -0.485 e. The predicted octanol–water partition coefficient (Wildman–Crippen LogP) is 3.58. The van der Waals surface area contributed by atoms with Gasteiger partial charge in [-0.2, -0.15) is 0 Å². The molecule has 32 heavy (non-hydrogen) atoms. The van der Waals surface area contributed by atoms with Crippen LogP contribution in [0.5, 0.6) is 11.5 Å². The van der Waals surface area contributed by atoms with Crippen molar-refractivity contribution in [3.63, 3.8) is 0 Å². The molecule has 165 valence electrons. The average Bonchev–Trinajstić information content (AvgIpc) is 2.82. The SMILES string of the molecule is C[C](C(N)=O)C(=O)NCCc1ccc(OCc2ccccc2)c(OCc2ccccc2)c1. The molecular formula is C26H27N2O4. The lowest BCUT2D eigenvalue weighted by Crippen LogP contribution is -2.36. The third kappa shape index (κ3) is 6.87. The molecule has 6 heteroatoms. The molecule has 0 fully saturated rings. The molecule has 0 aliphatic heterocycles. The van der Waals surface area contributed by atoms with E-state index in [9.17, 15) is 9.59 Å². The molecule has 6 nitrogen and oxygen atoms in total. The topological polar surface area (TPSA) is 90.7 Å². The van der Waals surface area contributed by atoms with Gasteiger partial charge in [-0.1, -0.05) is 66.7 Å². The van der Waals surface area contributed by atoms with Gasteiger partial charge < -0.3 is 20.5 Å². The molecule has 0 spiro atoms. The maximum atomic E-state index is 11.9. The molecule has 0 saturated heterocycles. The molecule has 0 bridgehead atoms. The number of carbonyl (C=O) groups is 2. The number of carbonyl (C=O) groups excluding carboxylic acids is 2. The van der Waals surface area contributed by atoms with E-state index in [2.05, 4.69) is 5.32 Å². The summed E-state index contributed by atoms with van der Waals surface area (Å²) < 4.78 is 12.1. The first kappa shape index (κ1) is 22.9. The average molecular weight is 432 g/mol. The third-order valence-electron chi connectivity index (χ3n) is 4.89. The molecular weight excluding hydrogens is 404 g/mol. The van der Waals surface area contributed by atoms with Crippen LogP contribution in [0.2, 0.25) is 0 Å². The Kier molecular flexibility index (Phi) is 8.26. The molecule has 0 aliphatic carbocycles. The van der Waals surface area contributed by atoms with Gasteiger partial charge >= 0.3 is 0 Å². The van der Waals surface area contributed by atoms with E-state index in [0.717, 1.165) is 16.7 Å². The van der Waals surface area contributed by atoms with Crippen molar-refractivity contribution in [3.8, 4) is 11.5 Å². The summed E-state index contributed by atoms with van der Waals surface area (Å²) in [5, 5.41) is 2.70. The molecule has 3 rings (SSSR count). The molecule has 0 aromatic heterocycles. The maximum Gasteiger partial charge on any atom is 0.237 e. The van der Waals surface area contributed by atoms with Crippen LogP contribution >= 0.6 is 0 Å². The molecule has 2 amide bonds. The second-order valence-corrected chi connectivity index (χ2v) is 7.32. The van der Waals surface area contributed by atoms with Gasteiger partial charge in [0.2, 0.25) is 11.8 Å². The van der Waals surface area contributed by atoms with Crippen LogP contribution in [0.15, 0.2) is 78.9 Å². The second kappa shape index (κ2) is 11.6. The highest BCUT2D eigenvalue weighted by molar-refractivity contribution is 6.13. The van der Waals surface area contributed by atoms with Gasteiger partial charge in [0.15, 0.2) is 11.5 Å². The van der Waals surface area contributed by atoms with Gasteiger partial charge in [0, 0.05) is 6.54 Å². The number of rotatable bonds is 11. The smallest absolute Gasteiger partial charge is 0.237 e. The fourth-order valence-electron chi connectivity index (χ4n) is 2.98. The summed E-state index contributed by atoms with van der Waals surface area (Å²) in [7, 11) is 0. The van der Waals surface area contributed by atoms with Gasteiger partial charge in [-0.25, -0.2) is 0 Å². The number of primary amides is 1. The van der Waals surface area contributed by atoms with Crippen molar-refractivity contribution < 1.29 is 19.1 Å². The molecule has 0 atom stereocenters.